The highest BCUT2D eigenvalue weighted by atomic mass is 32.2. The summed E-state index contributed by atoms with van der Waals surface area (Å²) in [6.07, 6.45) is 1.63. The quantitative estimate of drug-likeness (QED) is 0.612. The molecule has 3 aromatic rings. The van der Waals surface area contributed by atoms with Crippen LogP contribution in [0.25, 0.3) is 22.3 Å². The van der Waals surface area contributed by atoms with Gasteiger partial charge in [0.2, 0.25) is 0 Å². The third-order valence-corrected chi connectivity index (χ3v) is 4.56. The highest BCUT2D eigenvalue weighted by molar-refractivity contribution is 7.85. The van der Waals surface area contributed by atoms with E-state index in [4.69, 9.17) is 4.18 Å². The second-order valence-electron chi connectivity index (χ2n) is 5.92. The molecular formula is C21H20O3S. The predicted octanol–water partition coefficient (Wildman–Crippen LogP) is 4.54. The molecule has 4 heteroatoms. The van der Waals surface area contributed by atoms with Gasteiger partial charge in [0.15, 0.2) is 0 Å². The SMILES string of the molecule is CS(=O)(=O)OCCc1ccc(-c2ccc(-c3ccccc3)cc2)cc1. The van der Waals surface area contributed by atoms with Crippen molar-refractivity contribution >= 4 is 10.1 Å². The lowest BCUT2D eigenvalue weighted by molar-refractivity contribution is 0.326. The van der Waals surface area contributed by atoms with E-state index in [-0.39, 0.29) is 6.61 Å². The highest BCUT2D eigenvalue weighted by Crippen LogP contribution is 2.25. The maximum absolute atomic E-state index is 11.0. The van der Waals surface area contributed by atoms with Crippen molar-refractivity contribution in [3.8, 4) is 22.3 Å². The Bertz CT molecular complexity index is 913. The molecule has 0 aliphatic carbocycles. The van der Waals surface area contributed by atoms with Gasteiger partial charge in [0.05, 0.1) is 12.9 Å². The predicted molar refractivity (Wildman–Crippen MR) is 102 cm³/mol. The van der Waals surface area contributed by atoms with Gasteiger partial charge >= 0.3 is 0 Å². The lowest BCUT2D eigenvalue weighted by Crippen LogP contribution is -2.06. The highest BCUT2D eigenvalue weighted by Gasteiger charge is 2.03. The summed E-state index contributed by atoms with van der Waals surface area (Å²) in [7, 11) is -3.37. The number of rotatable bonds is 6. The van der Waals surface area contributed by atoms with Crippen molar-refractivity contribution in [3.63, 3.8) is 0 Å². The molecule has 0 fully saturated rings. The summed E-state index contributed by atoms with van der Waals surface area (Å²) < 4.78 is 26.7. The molecule has 0 saturated heterocycles. The molecule has 0 aliphatic rings. The minimum absolute atomic E-state index is 0.171. The zero-order valence-corrected chi connectivity index (χ0v) is 14.9. The van der Waals surface area contributed by atoms with Crippen molar-refractivity contribution in [1.82, 2.24) is 0 Å². The maximum atomic E-state index is 11.0. The van der Waals surface area contributed by atoms with Crippen LogP contribution in [0.4, 0.5) is 0 Å². The molecule has 3 rings (SSSR count). The average molecular weight is 352 g/mol. The lowest BCUT2D eigenvalue weighted by Gasteiger charge is -2.07. The normalized spacial score (nSPS) is 11.4. The second kappa shape index (κ2) is 7.64. The molecule has 0 heterocycles. The zero-order chi connectivity index (χ0) is 17.7. The van der Waals surface area contributed by atoms with Gasteiger partial charge < -0.3 is 0 Å². The molecule has 3 nitrogen and oxygen atoms in total. The van der Waals surface area contributed by atoms with E-state index < -0.39 is 10.1 Å². The van der Waals surface area contributed by atoms with Gasteiger partial charge in [-0.3, -0.25) is 4.18 Å². The van der Waals surface area contributed by atoms with E-state index in [1.165, 1.54) is 11.1 Å². The molecule has 3 aromatic carbocycles. The summed E-state index contributed by atoms with van der Waals surface area (Å²) in [6, 6.07) is 26.9. The number of hydrogen-bond acceptors (Lipinski definition) is 3. The molecule has 0 saturated carbocycles. The summed E-state index contributed by atoms with van der Waals surface area (Å²) in [5.74, 6) is 0. The molecule has 25 heavy (non-hydrogen) atoms. The van der Waals surface area contributed by atoms with Crippen LogP contribution in [0.3, 0.4) is 0 Å². The third kappa shape index (κ3) is 5.02. The Kier molecular flexibility index (Phi) is 5.31. The Morgan fingerprint density at radius 3 is 1.60 bits per heavy atom. The van der Waals surface area contributed by atoms with Crippen LogP contribution in [0, 0.1) is 0 Å². The summed E-state index contributed by atoms with van der Waals surface area (Å²) in [6.45, 7) is 0.171. The van der Waals surface area contributed by atoms with Gasteiger partial charge in [0.1, 0.15) is 0 Å². The van der Waals surface area contributed by atoms with Crippen molar-refractivity contribution in [3.05, 3.63) is 84.4 Å². The van der Waals surface area contributed by atoms with Crippen LogP contribution in [-0.2, 0) is 20.7 Å². The third-order valence-electron chi connectivity index (χ3n) is 3.97. The van der Waals surface area contributed by atoms with E-state index >= 15 is 0 Å². The van der Waals surface area contributed by atoms with Crippen LogP contribution in [0.15, 0.2) is 78.9 Å². The molecule has 0 bridgehead atoms. The van der Waals surface area contributed by atoms with Gasteiger partial charge in [0, 0.05) is 0 Å². The Morgan fingerprint density at radius 1 is 0.680 bits per heavy atom. The second-order valence-corrected chi connectivity index (χ2v) is 7.56. The lowest BCUT2D eigenvalue weighted by atomic mass is 9.99. The molecule has 128 valence electrons. The van der Waals surface area contributed by atoms with Crippen LogP contribution in [0.2, 0.25) is 0 Å². The first-order valence-corrected chi connectivity index (χ1v) is 9.92. The van der Waals surface area contributed by atoms with Gasteiger partial charge in [0.25, 0.3) is 10.1 Å². The Labute approximate surface area is 149 Å². The molecule has 0 aromatic heterocycles. The largest absolute Gasteiger partial charge is 0.270 e. The van der Waals surface area contributed by atoms with E-state index in [0.717, 1.165) is 22.9 Å². The Morgan fingerprint density at radius 2 is 1.12 bits per heavy atom. The maximum Gasteiger partial charge on any atom is 0.264 e. The standard InChI is InChI=1S/C21H20O3S/c1-25(22,23)24-16-15-17-7-9-19(10-8-17)21-13-11-20(12-14-21)18-5-3-2-4-6-18/h2-14H,15-16H2,1H3. The van der Waals surface area contributed by atoms with Crippen molar-refractivity contribution in [2.75, 3.05) is 12.9 Å². The summed E-state index contributed by atoms with van der Waals surface area (Å²) in [5.41, 5.74) is 5.73. The summed E-state index contributed by atoms with van der Waals surface area (Å²) in [5, 5.41) is 0. The number of benzene rings is 3. The molecule has 0 N–H and O–H groups in total. The minimum Gasteiger partial charge on any atom is -0.270 e. The van der Waals surface area contributed by atoms with E-state index in [2.05, 4.69) is 36.4 Å². The molecule has 0 spiro atoms. The first-order chi connectivity index (χ1) is 12.0. The molecular weight excluding hydrogens is 332 g/mol. The zero-order valence-electron chi connectivity index (χ0n) is 14.1. The number of hydrogen-bond donors (Lipinski definition) is 0. The van der Waals surface area contributed by atoms with Gasteiger partial charge in [-0.1, -0.05) is 78.9 Å². The van der Waals surface area contributed by atoms with Crippen molar-refractivity contribution in [1.29, 1.82) is 0 Å². The molecule has 0 unspecified atom stereocenters. The summed E-state index contributed by atoms with van der Waals surface area (Å²) in [4.78, 5) is 0. The van der Waals surface area contributed by atoms with E-state index in [9.17, 15) is 8.42 Å². The van der Waals surface area contributed by atoms with Gasteiger partial charge in [-0.25, -0.2) is 0 Å². The van der Waals surface area contributed by atoms with Crippen molar-refractivity contribution < 1.29 is 12.6 Å². The van der Waals surface area contributed by atoms with E-state index in [0.29, 0.717) is 6.42 Å². The Balaban J connectivity index is 1.68. The first kappa shape index (κ1) is 17.4. The van der Waals surface area contributed by atoms with Crippen LogP contribution in [0.1, 0.15) is 5.56 Å². The fraction of sp³-hybridized carbons (Fsp3) is 0.143. The topological polar surface area (TPSA) is 43.4 Å². The molecule has 0 amide bonds. The van der Waals surface area contributed by atoms with Gasteiger partial charge in [-0.15, -0.1) is 0 Å². The van der Waals surface area contributed by atoms with Crippen LogP contribution < -0.4 is 0 Å². The van der Waals surface area contributed by atoms with Crippen molar-refractivity contribution in [2.45, 2.75) is 6.42 Å². The average Bonchev–Trinajstić information content (AvgIpc) is 2.62. The fourth-order valence-corrected chi connectivity index (χ4v) is 3.05. The van der Waals surface area contributed by atoms with Crippen molar-refractivity contribution in [2.24, 2.45) is 0 Å². The molecule has 0 radical (unpaired) electrons. The fourth-order valence-electron chi connectivity index (χ4n) is 2.66. The first-order valence-electron chi connectivity index (χ1n) is 8.10. The van der Waals surface area contributed by atoms with Crippen LogP contribution >= 0.6 is 0 Å². The molecule has 0 aliphatic heterocycles. The minimum atomic E-state index is -3.37. The molecule has 0 atom stereocenters. The Hall–Kier alpha value is -2.43. The van der Waals surface area contributed by atoms with E-state index in [1.807, 2.05) is 42.5 Å². The van der Waals surface area contributed by atoms with Gasteiger partial charge in [-0.2, -0.15) is 8.42 Å². The smallest absolute Gasteiger partial charge is 0.264 e. The monoisotopic (exact) mass is 352 g/mol. The van der Waals surface area contributed by atoms with Gasteiger partial charge in [-0.05, 0) is 34.2 Å². The summed E-state index contributed by atoms with van der Waals surface area (Å²) >= 11 is 0. The van der Waals surface area contributed by atoms with Crippen LogP contribution in [0.5, 0.6) is 0 Å². The van der Waals surface area contributed by atoms with E-state index in [1.54, 1.807) is 0 Å². The van der Waals surface area contributed by atoms with Crippen LogP contribution in [-0.4, -0.2) is 21.3 Å².